The van der Waals surface area contributed by atoms with Crippen molar-refractivity contribution in [2.24, 2.45) is 27.9 Å². The van der Waals surface area contributed by atoms with E-state index in [0.717, 1.165) is 10.9 Å². The zero-order valence-electron chi connectivity index (χ0n) is 29.5. The Hall–Kier alpha value is -5.62. The molecule has 14 N–H and O–H groups in total. The summed E-state index contributed by atoms with van der Waals surface area (Å²) in [4.78, 5) is 85.2. The smallest absolute Gasteiger partial charge is 0.327 e. The van der Waals surface area contributed by atoms with Gasteiger partial charge in [-0.2, -0.15) is 12.6 Å². The molecule has 0 spiro atoms. The van der Waals surface area contributed by atoms with Crippen molar-refractivity contribution in [3.63, 3.8) is 0 Å². The molecule has 0 aliphatic carbocycles. The van der Waals surface area contributed by atoms with Crippen molar-refractivity contribution in [3.05, 3.63) is 71.9 Å². The first-order valence-corrected chi connectivity index (χ1v) is 17.3. The number of H-pyrrole nitrogens is 1. The van der Waals surface area contributed by atoms with E-state index in [9.17, 15) is 33.9 Å². The summed E-state index contributed by atoms with van der Waals surface area (Å²) in [6.45, 7) is 3.15. The third-order valence-electron chi connectivity index (χ3n) is 8.22. The van der Waals surface area contributed by atoms with Gasteiger partial charge in [-0.15, -0.1) is 0 Å². The molecule has 0 saturated heterocycles. The lowest BCUT2D eigenvalue weighted by molar-refractivity contribution is -0.143. The van der Waals surface area contributed by atoms with Crippen LogP contribution in [0.2, 0.25) is 0 Å². The quantitative estimate of drug-likeness (QED) is 0.0288. The van der Waals surface area contributed by atoms with E-state index >= 15 is 0 Å². The maximum absolute atomic E-state index is 14.1. The molecule has 3 aromatic rings. The van der Waals surface area contributed by atoms with Crippen LogP contribution in [0.4, 0.5) is 0 Å². The number of carbonyl (C=O) groups is 6. The molecule has 0 radical (unpaired) electrons. The molecule has 3 rings (SSSR count). The third-order valence-corrected chi connectivity index (χ3v) is 8.48. The third kappa shape index (κ3) is 13.1. The zero-order chi connectivity index (χ0) is 39.3. The second-order valence-corrected chi connectivity index (χ2v) is 14.2. The van der Waals surface area contributed by atoms with Crippen molar-refractivity contribution in [2.45, 2.75) is 80.9 Å². The first-order chi connectivity index (χ1) is 25.0. The predicted molar refractivity (Wildman–Crippen MR) is 202 cm³/mol. The highest BCUT2D eigenvalue weighted by Gasteiger charge is 2.37. The molecular formula is C35H48N10O7S. The van der Waals surface area contributed by atoms with Gasteiger partial charge in [-0.3, -0.25) is 29.0 Å². The van der Waals surface area contributed by atoms with Crippen LogP contribution in [0.15, 0.2) is 65.8 Å². The zero-order valence-corrected chi connectivity index (χ0v) is 30.4. The van der Waals surface area contributed by atoms with E-state index in [1.165, 1.54) is 13.8 Å². The molecule has 0 aliphatic rings. The van der Waals surface area contributed by atoms with E-state index in [1.807, 2.05) is 24.3 Å². The Morgan fingerprint density at radius 2 is 1.38 bits per heavy atom. The molecule has 53 heavy (non-hydrogen) atoms. The van der Waals surface area contributed by atoms with Crippen molar-refractivity contribution in [3.8, 4) is 0 Å². The molecule has 0 saturated carbocycles. The topological polar surface area (TPSA) is 303 Å². The lowest BCUT2D eigenvalue weighted by Gasteiger charge is -2.30. The lowest BCUT2D eigenvalue weighted by atomic mass is 10.00. The number of carbonyl (C=O) groups excluding carboxylic acids is 5. The van der Waals surface area contributed by atoms with Crippen LogP contribution in [0.25, 0.3) is 10.9 Å². The van der Waals surface area contributed by atoms with Crippen LogP contribution in [0.1, 0.15) is 44.2 Å². The molecule has 0 aliphatic heterocycles. The first-order valence-electron chi connectivity index (χ1n) is 16.8. The Bertz CT molecular complexity index is 1790. The minimum Gasteiger partial charge on any atom is -0.480 e. The number of aromatic nitrogens is 1. The van der Waals surface area contributed by atoms with E-state index in [0.29, 0.717) is 11.1 Å². The van der Waals surface area contributed by atoms with Crippen molar-refractivity contribution < 1.29 is 33.9 Å². The Labute approximate surface area is 311 Å². The molecule has 1 heterocycles. The summed E-state index contributed by atoms with van der Waals surface area (Å²) in [5.41, 5.74) is 24.1. The predicted octanol–water partition coefficient (Wildman–Crippen LogP) is -1.06. The largest absolute Gasteiger partial charge is 0.480 e. The maximum Gasteiger partial charge on any atom is 0.327 e. The van der Waals surface area contributed by atoms with Crippen LogP contribution in [0.5, 0.6) is 0 Å². The number of nitrogens with one attached hydrogen (secondary N) is 5. The normalized spacial score (nSPS) is 14.1. The Balaban J connectivity index is 1.95. The second-order valence-electron chi connectivity index (χ2n) is 13.1. The van der Waals surface area contributed by atoms with E-state index in [-0.39, 0.29) is 38.2 Å². The Kier molecular flexibility index (Phi) is 15.2. The van der Waals surface area contributed by atoms with Crippen molar-refractivity contribution >= 4 is 65.0 Å². The van der Waals surface area contributed by atoms with Crippen LogP contribution in [-0.2, 0) is 41.6 Å². The summed E-state index contributed by atoms with van der Waals surface area (Å²) in [6, 6.07) is 9.41. The number of nitrogens with two attached hydrogens (primary N) is 4. The first kappa shape index (κ1) is 41.8. The number of guanidine groups is 1. The highest BCUT2D eigenvalue weighted by atomic mass is 32.1. The summed E-state index contributed by atoms with van der Waals surface area (Å²) in [7, 11) is 0. The van der Waals surface area contributed by atoms with Crippen LogP contribution >= 0.6 is 12.6 Å². The molecule has 0 fully saturated rings. The summed E-state index contributed by atoms with van der Waals surface area (Å²) < 4.78 is -1.18. The van der Waals surface area contributed by atoms with Gasteiger partial charge in [0.1, 0.15) is 24.2 Å². The molecular weight excluding hydrogens is 705 g/mol. The average molecular weight is 753 g/mol. The van der Waals surface area contributed by atoms with Gasteiger partial charge in [0, 0.05) is 41.2 Å². The summed E-state index contributed by atoms with van der Waals surface area (Å²) >= 11 is 4.35. The number of benzene rings is 2. The second kappa shape index (κ2) is 19.3. The number of para-hydroxylation sites is 1. The highest BCUT2D eigenvalue weighted by Crippen LogP contribution is 2.21. The van der Waals surface area contributed by atoms with Crippen molar-refractivity contribution in [2.75, 3.05) is 6.54 Å². The van der Waals surface area contributed by atoms with E-state index in [4.69, 9.17) is 22.9 Å². The summed E-state index contributed by atoms with van der Waals surface area (Å²) in [6.07, 6.45) is 1.36. The van der Waals surface area contributed by atoms with Gasteiger partial charge in [0.05, 0.1) is 12.5 Å². The number of primary amides is 1. The number of aliphatic carboxylic acids is 1. The van der Waals surface area contributed by atoms with Gasteiger partial charge in [-0.25, -0.2) is 4.79 Å². The van der Waals surface area contributed by atoms with Gasteiger partial charge in [-0.1, -0.05) is 48.5 Å². The lowest BCUT2D eigenvalue weighted by Crippen LogP contribution is -2.60. The maximum atomic E-state index is 14.1. The van der Waals surface area contributed by atoms with E-state index in [1.54, 1.807) is 36.5 Å². The summed E-state index contributed by atoms with van der Waals surface area (Å²) in [5, 5.41) is 21.1. The molecule has 5 atom stereocenters. The number of aromatic amines is 1. The van der Waals surface area contributed by atoms with Crippen molar-refractivity contribution in [1.29, 1.82) is 0 Å². The number of carboxylic acid groups (broad SMARTS) is 1. The number of hydrogen-bond acceptors (Lipinski definition) is 9. The molecule has 18 heteroatoms. The van der Waals surface area contributed by atoms with Gasteiger partial charge in [0.2, 0.25) is 29.5 Å². The fourth-order valence-electron chi connectivity index (χ4n) is 5.48. The average Bonchev–Trinajstić information content (AvgIpc) is 3.49. The number of nitrogens with zero attached hydrogens (tertiary/aromatic N) is 1. The number of aliphatic imine (C=N–C) groups is 1. The van der Waals surface area contributed by atoms with Gasteiger partial charge in [0.25, 0.3) is 0 Å². The van der Waals surface area contributed by atoms with Crippen molar-refractivity contribution in [1.82, 2.24) is 26.3 Å². The highest BCUT2D eigenvalue weighted by molar-refractivity contribution is 7.81. The number of rotatable bonds is 20. The SMILES string of the molecule is CC(C)(S)[C@H](NC(=O)[C@H](Cc1c[nH]c2ccccc12)NC(=O)[C@H](CCCN=C(N)N)NC(=O)[C@@H](Cc1ccccc1)NC(=O)[C@@H](N)CC(N)=O)C(=O)O. The molecule has 17 nitrogen and oxygen atoms in total. The Morgan fingerprint density at radius 1 is 0.811 bits per heavy atom. The minimum absolute atomic E-state index is 0.00821. The standard InChI is InChI=1S/C35H48N10O7S/c1-35(2,53)28(33(51)52)45-32(50)26(16-20-18-41-23-12-7-6-11-21(20)23)44-30(48)24(13-8-14-40-34(38)39)42-31(49)25(15-19-9-4-3-5-10-19)43-29(47)22(36)17-27(37)46/h3-7,9-12,18,22,24-26,28,41,53H,8,13-17,36H2,1-2H3,(H2,37,46)(H,42,49)(H,43,47)(H,44,48)(H,45,50)(H,51,52)(H4,38,39,40)/t22-,24-,25+,26-,28+/m0/s1. The number of hydrogen-bond donors (Lipinski definition) is 11. The van der Waals surface area contributed by atoms with Crippen LogP contribution < -0.4 is 44.2 Å². The number of amides is 5. The monoisotopic (exact) mass is 752 g/mol. The molecule has 1 aromatic heterocycles. The van der Waals surface area contributed by atoms with Gasteiger partial charge >= 0.3 is 5.97 Å². The Morgan fingerprint density at radius 3 is 2.00 bits per heavy atom. The molecule has 0 bridgehead atoms. The van der Waals surface area contributed by atoms with Crippen LogP contribution in [0.3, 0.4) is 0 Å². The molecule has 5 amide bonds. The molecule has 2 aromatic carbocycles. The van der Waals surface area contributed by atoms with Gasteiger partial charge < -0.3 is 54.3 Å². The number of carboxylic acids is 1. The van der Waals surface area contributed by atoms with E-state index < -0.39 is 76.9 Å². The van der Waals surface area contributed by atoms with Crippen LogP contribution in [-0.4, -0.2) is 93.1 Å². The summed E-state index contributed by atoms with van der Waals surface area (Å²) in [5.74, 6) is -5.49. The fraction of sp³-hybridized carbons (Fsp3) is 0.400. The van der Waals surface area contributed by atoms with E-state index in [2.05, 4.69) is 43.9 Å². The molecule has 0 unspecified atom stereocenters. The number of fused-ring (bicyclic) bond motifs is 1. The van der Waals surface area contributed by atoms with Gasteiger partial charge in [-0.05, 0) is 43.9 Å². The fourth-order valence-corrected chi connectivity index (χ4v) is 5.65. The molecule has 286 valence electrons. The van der Waals surface area contributed by atoms with Crippen LogP contribution in [0, 0.1) is 0 Å². The number of thiol groups is 1. The minimum atomic E-state index is -1.43. The van der Waals surface area contributed by atoms with Gasteiger partial charge in [0.15, 0.2) is 5.96 Å².